The molecule has 5 heteroatoms. The number of rotatable bonds is 8. The lowest BCUT2D eigenvalue weighted by Gasteiger charge is -2.05. The number of esters is 2. The van der Waals surface area contributed by atoms with Gasteiger partial charge in [0.1, 0.15) is 17.3 Å². The molecule has 0 fully saturated rings. The summed E-state index contributed by atoms with van der Waals surface area (Å²) >= 11 is 0. The molecule has 35 heavy (non-hydrogen) atoms. The molecule has 0 aliphatic heterocycles. The van der Waals surface area contributed by atoms with Crippen molar-refractivity contribution in [1.29, 1.82) is 0 Å². The van der Waals surface area contributed by atoms with Gasteiger partial charge in [0.05, 0.1) is 0 Å². The predicted molar refractivity (Wildman–Crippen MR) is 138 cm³/mol. The van der Waals surface area contributed by atoms with Crippen molar-refractivity contribution >= 4 is 36.2 Å². The van der Waals surface area contributed by atoms with Gasteiger partial charge in [-0.15, -0.1) is 0 Å². The second-order valence-corrected chi connectivity index (χ2v) is 7.93. The molecule has 0 bridgehead atoms. The molecule has 0 heterocycles. The third kappa shape index (κ3) is 7.51. The van der Waals surface area contributed by atoms with Gasteiger partial charge >= 0.3 is 11.9 Å². The Balaban J connectivity index is 1.69. The van der Waals surface area contributed by atoms with Crippen molar-refractivity contribution in [2.45, 2.75) is 13.8 Å². The second kappa shape index (κ2) is 11.6. The number of carbonyl (C=O) groups excluding carboxylic acids is 2. The fourth-order valence-electron chi connectivity index (χ4n) is 2.91. The fraction of sp³-hybridized carbons (Fsp3) is 0.0667. The van der Waals surface area contributed by atoms with Crippen LogP contribution < -0.4 is 9.47 Å². The van der Waals surface area contributed by atoms with Crippen molar-refractivity contribution in [2.24, 2.45) is 0 Å². The van der Waals surface area contributed by atoms with Gasteiger partial charge in [-0.25, -0.2) is 14.0 Å². The second-order valence-electron chi connectivity index (χ2n) is 7.93. The molecule has 0 saturated carbocycles. The summed E-state index contributed by atoms with van der Waals surface area (Å²) in [5, 5.41) is 0. The van der Waals surface area contributed by atoms with Crippen molar-refractivity contribution in [3.8, 4) is 11.5 Å². The van der Waals surface area contributed by atoms with Crippen LogP contribution in [0.3, 0.4) is 0 Å². The molecule has 3 aromatic rings. The van der Waals surface area contributed by atoms with Gasteiger partial charge in [-0.1, -0.05) is 73.9 Å². The van der Waals surface area contributed by atoms with E-state index in [1.807, 2.05) is 12.1 Å². The maximum atomic E-state index is 14.7. The number of hydrogen-bond acceptors (Lipinski definition) is 4. The van der Waals surface area contributed by atoms with Crippen LogP contribution in [0.2, 0.25) is 0 Å². The topological polar surface area (TPSA) is 52.6 Å². The molecule has 0 aromatic heterocycles. The molecule has 0 N–H and O–H groups in total. The first-order valence-corrected chi connectivity index (χ1v) is 10.8. The van der Waals surface area contributed by atoms with Crippen LogP contribution in [0.1, 0.15) is 36.1 Å². The van der Waals surface area contributed by atoms with Crippen LogP contribution in [0.4, 0.5) is 4.39 Å². The zero-order chi connectivity index (χ0) is 25.4. The number of benzene rings is 3. The molecule has 0 unspecified atom stereocenters. The maximum absolute atomic E-state index is 14.7. The molecular weight excluding hydrogens is 443 g/mol. The van der Waals surface area contributed by atoms with Crippen LogP contribution in [-0.4, -0.2) is 11.9 Å². The van der Waals surface area contributed by atoms with Crippen molar-refractivity contribution in [1.82, 2.24) is 0 Å². The Morgan fingerprint density at radius 3 is 1.60 bits per heavy atom. The standard InChI is InChI=1S/C30H25FO4/c1-20(2)29(32)34-26-9-5-7-22(17-26)11-12-24-14-16-25(28(31)19-24)15-13-23-8-6-10-27(18-23)35-30(33)21(3)4/h5-19H,1,3H2,2,4H3. The first-order chi connectivity index (χ1) is 16.7. The molecule has 3 aromatic carbocycles. The Labute approximate surface area is 204 Å². The van der Waals surface area contributed by atoms with Crippen molar-refractivity contribution in [2.75, 3.05) is 0 Å². The normalized spacial score (nSPS) is 10.9. The summed E-state index contributed by atoms with van der Waals surface area (Å²) in [6.45, 7) is 10.3. The van der Waals surface area contributed by atoms with E-state index >= 15 is 0 Å². The van der Waals surface area contributed by atoms with E-state index in [4.69, 9.17) is 9.47 Å². The average Bonchev–Trinajstić information content (AvgIpc) is 2.82. The minimum absolute atomic E-state index is 0.307. The Bertz CT molecular complexity index is 1350. The van der Waals surface area contributed by atoms with E-state index in [2.05, 4.69) is 13.2 Å². The summed E-state index contributed by atoms with van der Waals surface area (Å²) in [7, 11) is 0. The summed E-state index contributed by atoms with van der Waals surface area (Å²) in [6, 6.07) is 18.9. The zero-order valence-electron chi connectivity index (χ0n) is 19.6. The van der Waals surface area contributed by atoms with Gasteiger partial charge in [0, 0.05) is 16.7 Å². The molecule has 4 nitrogen and oxygen atoms in total. The summed E-state index contributed by atoms with van der Waals surface area (Å²) in [6.07, 6.45) is 6.97. The van der Waals surface area contributed by atoms with E-state index < -0.39 is 11.9 Å². The minimum Gasteiger partial charge on any atom is -0.423 e. The van der Waals surface area contributed by atoms with Crippen molar-refractivity contribution in [3.05, 3.63) is 119 Å². The highest BCUT2D eigenvalue weighted by Crippen LogP contribution is 2.20. The highest BCUT2D eigenvalue weighted by atomic mass is 19.1. The van der Waals surface area contributed by atoms with E-state index in [-0.39, 0.29) is 5.82 Å². The van der Waals surface area contributed by atoms with Gasteiger partial charge in [0.15, 0.2) is 0 Å². The lowest BCUT2D eigenvalue weighted by molar-refractivity contribution is -0.130. The van der Waals surface area contributed by atoms with E-state index in [0.717, 1.165) is 11.1 Å². The van der Waals surface area contributed by atoms with Crippen LogP contribution in [0.15, 0.2) is 91.0 Å². The quantitative estimate of drug-likeness (QED) is 0.153. The van der Waals surface area contributed by atoms with Crippen molar-refractivity contribution in [3.63, 3.8) is 0 Å². The van der Waals surface area contributed by atoms with E-state index in [0.29, 0.717) is 33.8 Å². The monoisotopic (exact) mass is 468 g/mol. The van der Waals surface area contributed by atoms with Gasteiger partial charge in [-0.3, -0.25) is 0 Å². The molecule has 0 amide bonds. The summed E-state index contributed by atoms with van der Waals surface area (Å²) in [5.74, 6) is -0.570. The smallest absolute Gasteiger partial charge is 0.338 e. The molecule has 176 valence electrons. The molecule has 0 atom stereocenters. The highest BCUT2D eigenvalue weighted by Gasteiger charge is 2.06. The largest absolute Gasteiger partial charge is 0.423 e. The summed E-state index contributed by atoms with van der Waals surface area (Å²) in [5.41, 5.74) is 3.27. The molecule has 0 aliphatic rings. The molecule has 0 radical (unpaired) electrons. The number of halogens is 1. The Morgan fingerprint density at radius 1 is 0.686 bits per heavy atom. The Morgan fingerprint density at radius 2 is 1.14 bits per heavy atom. The lowest BCUT2D eigenvalue weighted by Crippen LogP contribution is -2.08. The Hall–Kier alpha value is -4.51. The first-order valence-electron chi connectivity index (χ1n) is 10.8. The Kier molecular flexibility index (Phi) is 8.30. The van der Waals surface area contributed by atoms with Gasteiger partial charge in [0.25, 0.3) is 0 Å². The van der Waals surface area contributed by atoms with Crippen LogP contribution >= 0.6 is 0 Å². The number of ether oxygens (including phenoxy) is 2. The third-order valence-corrected chi connectivity index (χ3v) is 4.78. The molecule has 0 aliphatic carbocycles. The van der Waals surface area contributed by atoms with Crippen molar-refractivity contribution < 1.29 is 23.5 Å². The van der Waals surface area contributed by atoms with Crippen LogP contribution in [-0.2, 0) is 9.59 Å². The third-order valence-electron chi connectivity index (χ3n) is 4.78. The van der Waals surface area contributed by atoms with Gasteiger partial charge in [-0.05, 0) is 60.9 Å². The first kappa shape index (κ1) is 25.1. The zero-order valence-corrected chi connectivity index (χ0v) is 19.6. The summed E-state index contributed by atoms with van der Waals surface area (Å²) in [4.78, 5) is 23.4. The maximum Gasteiger partial charge on any atom is 0.338 e. The van der Waals surface area contributed by atoms with Gasteiger partial charge < -0.3 is 9.47 Å². The molecule has 0 spiro atoms. The van der Waals surface area contributed by atoms with Crippen LogP contribution in [0.5, 0.6) is 11.5 Å². The minimum atomic E-state index is -0.500. The lowest BCUT2D eigenvalue weighted by atomic mass is 10.1. The molecular formula is C30H25FO4. The van der Waals surface area contributed by atoms with Crippen LogP contribution in [0, 0.1) is 5.82 Å². The van der Waals surface area contributed by atoms with Gasteiger partial charge in [0.2, 0.25) is 0 Å². The van der Waals surface area contributed by atoms with Crippen LogP contribution in [0.25, 0.3) is 24.3 Å². The number of hydrogen-bond donors (Lipinski definition) is 0. The van der Waals surface area contributed by atoms with Gasteiger partial charge in [-0.2, -0.15) is 0 Å². The SMILES string of the molecule is C=C(C)C(=O)Oc1cccc(C=Cc2ccc(C=Cc3cccc(OC(=O)C(=C)C)c3)c(F)c2)c1. The highest BCUT2D eigenvalue weighted by molar-refractivity contribution is 5.89. The summed E-state index contributed by atoms with van der Waals surface area (Å²) < 4.78 is 25.1. The molecule has 0 saturated heterocycles. The number of carbonyl (C=O) groups is 2. The molecule has 3 rings (SSSR count). The van der Waals surface area contributed by atoms with E-state index in [1.165, 1.54) is 6.07 Å². The predicted octanol–water partition coefficient (Wildman–Crippen LogP) is 7.13. The fourth-order valence-corrected chi connectivity index (χ4v) is 2.91. The van der Waals surface area contributed by atoms with E-state index in [9.17, 15) is 14.0 Å². The average molecular weight is 469 g/mol. The van der Waals surface area contributed by atoms with E-state index in [1.54, 1.807) is 86.7 Å².